The molecule has 1 unspecified atom stereocenters. The van der Waals surface area contributed by atoms with E-state index in [1.807, 2.05) is 11.8 Å². The Labute approximate surface area is 156 Å². The van der Waals surface area contributed by atoms with Crippen LogP contribution in [0.25, 0.3) is 0 Å². The molecule has 26 heavy (non-hydrogen) atoms. The predicted molar refractivity (Wildman–Crippen MR) is 101 cm³/mol. The lowest BCUT2D eigenvalue weighted by Crippen LogP contribution is -2.50. The van der Waals surface area contributed by atoms with E-state index in [0.29, 0.717) is 25.7 Å². The van der Waals surface area contributed by atoms with Gasteiger partial charge in [0.05, 0.1) is 31.8 Å². The SMILES string of the molecule is CCNC(=NCC1(CO)COC1)NC1CCN(C(=O)C2CCCCC2)C1. The zero-order valence-electron chi connectivity index (χ0n) is 16.0. The third kappa shape index (κ3) is 4.68. The van der Waals surface area contributed by atoms with Crippen molar-refractivity contribution in [2.45, 2.75) is 51.5 Å². The summed E-state index contributed by atoms with van der Waals surface area (Å²) in [4.78, 5) is 19.4. The Balaban J connectivity index is 1.50. The Kier molecular flexibility index (Phi) is 6.75. The molecule has 1 amide bonds. The number of ether oxygens (including phenoxy) is 1. The molecule has 2 aliphatic heterocycles. The van der Waals surface area contributed by atoms with Crippen LogP contribution in [0.3, 0.4) is 0 Å². The maximum Gasteiger partial charge on any atom is 0.225 e. The van der Waals surface area contributed by atoms with E-state index in [1.54, 1.807) is 0 Å². The fourth-order valence-corrected chi connectivity index (χ4v) is 4.07. The largest absolute Gasteiger partial charge is 0.396 e. The highest BCUT2D eigenvalue weighted by Gasteiger charge is 2.38. The minimum Gasteiger partial charge on any atom is -0.396 e. The van der Waals surface area contributed by atoms with Gasteiger partial charge < -0.3 is 25.4 Å². The van der Waals surface area contributed by atoms with Gasteiger partial charge >= 0.3 is 0 Å². The first kappa shape index (κ1) is 19.4. The lowest BCUT2D eigenvalue weighted by Gasteiger charge is -2.38. The van der Waals surface area contributed by atoms with Gasteiger partial charge in [-0.2, -0.15) is 0 Å². The van der Waals surface area contributed by atoms with Gasteiger partial charge in [0.15, 0.2) is 5.96 Å². The van der Waals surface area contributed by atoms with E-state index < -0.39 is 0 Å². The molecular weight excluding hydrogens is 332 g/mol. The first-order valence-corrected chi connectivity index (χ1v) is 10.2. The van der Waals surface area contributed by atoms with Crippen molar-refractivity contribution in [3.8, 4) is 0 Å². The fraction of sp³-hybridized carbons (Fsp3) is 0.895. The molecule has 3 fully saturated rings. The number of carbonyl (C=O) groups is 1. The van der Waals surface area contributed by atoms with Gasteiger partial charge in [0.1, 0.15) is 0 Å². The number of aliphatic imine (C=N–C) groups is 1. The van der Waals surface area contributed by atoms with Crippen LogP contribution < -0.4 is 10.6 Å². The lowest BCUT2D eigenvalue weighted by molar-refractivity contribution is -0.135. The summed E-state index contributed by atoms with van der Waals surface area (Å²) in [6.07, 6.45) is 6.73. The average molecular weight is 367 g/mol. The summed E-state index contributed by atoms with van der Waals surface area (Å²) in [5, 5.41) is 16.3. The molecule has 0 spiro atoms. The number of aliphatic hydroxyl groups excluding tert-OH is 1. The zero-order chi connectivity index (χ0) is 18.4. The van der Waals surface area contributed by atoms with E-state index in [4.69, 9.17) is 4.74 Å². The van der Waals surface area contributed by atoms with E-state index in [9.17, 15) is 9.90 Å². The minimum absolute atomic E-state index is 0.100. The molecule has 1 atom stereocenters. The van der Waals surface area contributed by atoms with Crippen molar-refractivity contribution in [2.24, 2.45) is 16.3 Å². The monoisotopic (exact) mass is 366 g/mol. The van der Waals surface area contributed by atoms with Crippen LogP contribution in [0.1, 0.15) is 45.4 Å². The van der Waals surface area contributed by atoms with Crippen LogP contribution in [0.15, 0.2) is 4.99 Å². The quantitative estimate of drug-likeness (QED) is 0.477. The highest BCUT2D eigenvalue weighted by Crippen LogP contribution is 2.28. The van der Waals surface area contributed by atoms with Gasteiger partial charge in [0, 0.05) is 31.6 Å². The molecule has 3 aliphatic rings. The number of aliphatic hydroxyl groups is 1. The second-order valence-corrected chi connectivity index (χ2v) is 8.10. The van der Waals surface area contributed by atoms with Gasteiger partial charge in [-0.25, -0.2) is 0 Å². The van der Waals surface area contributed by atoms with E-state index in [0.717, 1.165) is 44.9 Å². The summed E-state index contributed by atoms with van der Waals surface area (Å²) in [6.45, 7) is 6.21. The van der Waals surface area contributed by atoms with Gasteiger partial charge in [-0.3, -0.25) is 9.79 Å². The van der Waals surface area contributed by atoms with Crippen LogP contribution in [0.5, 0.6) is 0 Å². The van der Waals surface area contributed by atoms with Crippen molar-refractivity contribution in [3.63, 3.8) is 0 Å². The van der Waals surface area contributed by atoms with Crippen molar-refractivity contribution >= 4 is 11.9 Å². The number of nitrogens with zero attached hydrogens (tertiary/aromatic N) is 2. The molecular formula is C19H34N4O3. The smallest absolute Gasteiger partial charge is 0.225 e. The molecule has 0 bridgehead atoms. The van der Waals surface area contributed by atoms with Crippen LogP contribution in [0, 0.1) is 11.3 Å². The number of guanidine groups is 1. The summed E-state index contributed by atoms with van der Waals surface area (Å²) >= 11 is 0. The summed E-state index contributed by atoms with van der Waals surface area (Å²) in [5.41, 5.74) is -0.221. The van der Waals surface area contributed by atoms with Gasteiger partial charge in [-0.1, -0.05) is 19.3 Å². The van der Waals surface area contributed by atoms with Gasteiger partial charge in [0.25, 0.3) is 0 Å². The summed E-state index contributed by atoms with van der Waals surface area (Å²) in [7, 11) is 0. The maximum absolute atomic E-state index is 12.7. The van der Waals surface area contributed by atoms with Crippen molar-refractivity contribution in [1.82, 2.24) is 15.5 Å². The molecule has 2 saturated heterocycles. The third-order valence-corrected chi connectivity index (χ3v) is 5.86. The van der Waals surface area contributed by atoms with E-state index >= 15 is 0 Å². The Morgan fingerprint density at radius 3 is 2.65 bits per heavy atom. The number of likely N-dealkylation sites (tertiary alicyclic amines) is 1. The van der Waals surface area contributed by atoms with Crippen molar-refractivity contribution in [1.29, 1.82) is 0 Å². The van der Waals surface area contributed by atoms with Crippen molar-refractivity contribution < 1.29 is 14.6 Å². The van der Waals surface area contributed by atoms with Crippen molar-refractivity contribution in [3.05, 3.63) is 0 Å². The predicted octanol–water partition coefficient (Wildman–Crippen LogP) is 0.732. The maximum atomic E-state index is 12.7. The molecule has 0 aromatic heterocycles. The third-order valence-electron chi connectivity index (χ3n) is 5.86. The summed E-state index contributed by atoms with van der Waals surface area (Å²) in [5.74, 6) is 1.36. The molecule has 0 aromatic carbocycles. The molecule has 1 aliphatic carbocycles. The van der Waals surface area contributed by atoms with Gasteiger partial charge in [-0.05, 0) is 26.2 Å². The Morgan fingerprint density at radius 2 is 2.04 bits per heavy atom. The molecule has 1 saturated carbocycles. The van der Waals surface area contributed by atoms with Crippen LogP contribution in [0.2, 0.25) is 0 Å². The molecule has 0 radical (unpaired) electrons. The minimum atomic E-state index is -0.221. The van der Waals surface area contributed by atoms with E-state index in [2.05, 4.69) is 15.6 Å². The second-order valence-electron chi connectivity index (χ2n) is 8.10. The zero-order valence-corrected chi connectivity index (χ0v) is 16.0. The molecule has 0 aromatic rings. The number of nitrogens with one attached hydrogen (secondary N) is 2. The number of rotatable bonds is 6. The van der Waals surface area contributed by atoms with Gasteiger partial charge in [0.2, 0.25) is 5.91 Å². The number of carbonyl (C=O) groups excluding carboxylic acids is 1. The number of hydrogen-bond donors (Lipinski definition) is 3. The average Bonchev–Trinajstić information content (AvgIpc) is 3.10. The first-order chi connectivity index (χ1) is 12.7. The molecule has 7 heteroatoms. The van der Waals surface area contributed by atoms with Crippen LogP contribution in [-0.4, -0.2) is 73.9 Å². The Morgan fingerprint density at radius 1 is 1.27 bits per heavy atom. The number of amides is 1. The number of hydrogen-bond acceptors (Lipinski definition) is 4. The normalized spacial score (nSPS) is 26.5. The Bertz CT molecular complexity index is 496. The van der Waals surface area contributed by atoms with E-state index in [1.165, 1.54) is 19.3 Å². The van der Waals surface area contributed by atoms with Gasteiger partial charge in [-0.15, -0.1) is 0 Å². The van der Waals surface area contributed by atoms with Crippen LogP contribution in [0.4, 0.5) is 0 Å². The summed E-state index contributed by atoms with van der Waals surface area (Å²) < 4.78 is 5.24. The topological polar surface area (TPSA) is 86.2 Å². The molecule has 7 nitrogen and oxygen atoms in total. The first-order valence-electron chi connectivity index (χ1n) is 10.2. The standard InChI is InChI=1S/C19H34N4O3/c1-2-20-18(21-11-19(12-24)13-26-14-19)22-16-8-9-23(10-16)17(25)15-6-4-3-5-7-15/h15-16,24H,2-14H2,1H3,(H2,20,21,22). The highest BCUT2D eigenvalue weighted by atomic mass is 16.5. The fourth-order valence-electron chi connectivity index (χ4n) is 4.07. The second kappa shape index (κ2) is 9.04. The highest BCUT2D eigenvalue weighted by molar-refractivity contribution is 5.81. The molecule has 3 N–H and O–H groups in total. The molecule has 2 heterocycles. The molecule has 148 valence electrons. The van der Waals surface area contributed by atoms with Crippen molar-refractivity contribution in [2.75, 3.05) is 46.0 Å². The molecule has 3 rings (SSSR count). The summed E-state index contributed by atoms with van der Waals surface area (Å²) in [6, 6.07) is 0.239. The van der Waals surface area contributed by atoms with Crippen LogP contribution >= 0.6 is 0 Å². The Hall–Kier alpha value is -1.34. The van der Waals surface area contributed by atoms with Crippen LogP contribution in [-0.2, 0) is 9.53 Å². The lowest BCUT2D eigenvalue weighted by atomic mass is 9.87. The van der Waals surface area contributed by atoms with E-state index in [-0.39, 0.29) is 24.0 Å².